The average molecular weight is 490 g/mol. The Balaban J connectivity index is 1.25. The van der Waals surface area contributed by atoms with Crippen molar-refractivity contribution < 1.29 is 17.6 Å². The van der Waals surface area contributed by atoms with Crippen molar-refractivity contribution in [3.05, 3.63) is 89.4 Å². The molecule has 36 heavy (non-hydrogen) atoms. The second-order valence-corrected chi connectivity index (χ2v) is 8.99. The van der Waals surface area contributed by atoms with Crippen molar-refractivity contribution in [3.8, 4) is 17.1 Å². The predicted octanol–water partition coefficient (Wildman–Crippen LogP) is 6.89. The summed E-state index contributed by atoms with van der Waals surface area (Å²) in [5, 5.41) is 7.05. The first-order valence-corrected chi connectivity index (χ1v) is 11.7. The van der Waals surface area contributed by atoms with Gasteiger partial charge in [0.1, 0.15) is 5.52 Å². The second kappa shape index (κ2) is 8.51. The van der Waals surface area contributed by atoms with Crippen LogP contribution >= 0.6 is 0 Å². The minimum atomic E-state index is -4.48. The van der Waals surface area contributed by atoms with Gasteiger partial charge in [0.2, 0.25) is 0 Å². The molecule has 0 atom stereocenters. The van der Waals surface area contributed by atoms with Crippen LogP contribution in [0.4, 0.5) is 19.0 Å². The number of rotatable bonds is 6. The van der Waals surface area contributed by atoms with E-state index in [0.29, 0.717) is 41.1 Å². The number of alkyl halides is 3. The van der Waals surface area contributed by atoms with Gasteiger partial charge in [0.05, 0.1) is 12.0 Å². The molecule has 2 aromatic carbocycles. The fourth-order valence-electron chi connectivity index (χ4n) is 4.37. The Bertz CT molecular complexity index is 1550. The first-order chi connectivity index (χ1) is 17.4. The summed E-state index contributed by atoms with van der Waals surface area (Å²) in [6.45, 7) is 2.04. The number of fused-ring (bicyclic) bond motifs is 1. The first-order valence-electron chi connectivity index (χ1n) is 11.7. The van der Waals surface area contributed by atoms with Crippen molar-refractivity contribution in [1.82, 2.24) is 19.7 Å². The molecule has 6 nitrogen and oxygen atoms in total. The summed E-state index contributed by atoms with van der Waals surface area (Å²) in [5.41, 5.74) is 4.58. The van der Waals surface area contributed by atoms with Gasteiger partial charge in [0, 0.05) is 23.9 Å². The Labute approximate surface area is 204 Å². The van der Waals surface area contributed by atoms with Crippen LogP contribution in [0, 0.1) is 6.92 Å². The van der Waals surface area contributed by atoms with Crippen LogP contribution in [0.1, 0.15) is 41.3 Å². The Kier molecular flexibility index (Phi) is 5.28. The summed E-state index contributed by atoms with van der Waals surface area (Å²) in [6.07, 6.45) is -0.520. The number of aromatic nitrogens is 4. The topological polar surface area (TPSA) is 68.8 Å². The molecule has 0 unspecified atom stereocenters. The Morgan fingerprint density at radius 1 is 1.03 bits per heavy atom. The first kappa shape index (κ1) is 22.3. The van der Waals surface area contributed by atoms with Crippen LogP contribution in [-0.2, 0) is 12.7 Å². The highest BCUT2D eigenvalue weighted by Gasteiger charge is 2.34. The van der Waals surface area contributed by atoms with E-state index in [0.717, 1.165) is 22.7 Å². The molecule has 1 aliphatic carbocycles. The van der Waals surface area contributed by atoms with Crippen LogP contribution < -0.4 is 5.32 Å². The molecule has 1 saturated carbocycles. The van der Waals surface area contributed by atoms with Crippen molar-refractivity contribution in [3.63, 3.8) is 0 Å². The molecule has 0 saturated heterocycles. The van der Waals surface area contributed by atoms with Gasteiger partial charge in [0.25, 0.3) is 0 Å². The number of hydrogen-bond donors (Lipinski definition) is 1. The number of halogens is 3. The molecule has 6 rings (SSSR count). The van der Waals surface area contributed by atoms with Crippen LogP contribution in [-0.4, -0.2) is 19.7 Å². The third-order valence-electron chi connectivity index (χ3n) is 6.34. The normalized spacial score (nSPS) is 13.9. The van der Waals surface area contributed by atoms with Crippen LogP contribution in [0.2, 0.25) is 0 Å². The van der Waals surface area contributed by atoms with Crippen LogP contribution in [0.15, 0.2) is 71.3 Å². The smallest absolute Gasteiger partial charge is 0.435 e. The van der Waals surface area contributed by atoms with Crippen molar-refractivity contribution in [2.45, 2.75) is 38.4 Å². The molecule has 0 aliphatic heterocycles. The summed E-state index contributed by atoms with van der Waals surface area (Å²) < 4.78 is 46.0. The monoisotopic (exact) mass is 489 g/mol. The standard InChI is InChI=1S/C27H22F3N5O/c1-16-14-23(27(28,29)30)34-35(16)19-10-6-17(7-11-19)15-31-26-24-22(12-13-36-24)32-25(33-26)21-5-3-2-4-20(21)18-8-9-18/h2-7,10-14,18H,8-9,15H2,1H3,(H,31,32,33). The van der Waals surface area contributed by atoms with E-state index in [1.165, 1.54) is 23.1 Å². The highest BCUT2D eigenvalue weighted by Crippen LogP contribution is 2.44. The Morgan fingerprint density at radius 3 is 2.53 bits per heavy atom. The van der Waals surface area contributed by atoms with Crippen molar-refractivity contribution in [1.29, 1.82) is 0 Å². The number of aryl methyl sites for hydroxylation is 1. The lowest BCUT2D eigenvalue weighted by Gasteiger charge is -2.11. The zero-order valence-electron chi connectivity index (χ0n) is 19.4. The van der Waals surface area contributed by atoms with Crippen molar-refractivity contribution in [2.24, 2.45) is 0 Å². The van der Waals surface area contributed by atoms with Crippen molar-refractivity contribution in [2.75, 3.05) is 5.32 Å². The largest absolute Gasteiger partial charge is 0.459 e. The van der Waals surface area contributed by atoms with E-state index in [1.54, 1.807) is 25.3 Å². The molecule has 3 heterocycles. The Morgan fingerprint density at radius 2 is 1.81 bits per heavy atom. The molecule has 0 amide bonds. The maximum absolute atomic E-state index is 13.0. The number of hydrogen-bond acceptors (Lipinski definition) is 5. The molecular weight excluding hydrogens is 467 g/mol. The molecular formula is C27H22F3N5O. The van der Waals surface area contributed by atoms with E-state index >= 15 is 0 Å². The maximum atomic E-state index is 13.0. The van der Waals surface area contributed by atoms with Gasteiger partial charge in [-0.05, 0) is 55.0 Å². The van der Waals surface area contributed by atoms with Crippen molar-refractivity contribution >= 4 is 16.9 Å². The van der Waals surface area contributed by atoms with Gasteiger partial charge in [-0.25, -0.2) is 14.6 Å². The SMILES string of the molecule is Cc1cc(C(F)(F)F)nn1-c1ccc(CNc2nc(-c3ccccc3C3CC3)nc3ccoc23)cc1. The highest BCUT2D eigenvalue weighted by atomic mass is 19.4. The van der Waals surface area contributed by atoms with Gasteiger partial charge in [-0.1, -0.05) is 36.4 Å². The maximum Gasteiger partial charge on any atom is 0.435 e. The minimum Gasteiger partial charge on any atom is -0.459 e. The number of furan rings is 1. The van der Waals surface area contributed by atoms with Gasteiger partial charge in [-0.2, -0.15) is 18.3 Å². The summed E-state index contributed by atoms with van der Waals surface area (Å²) in [4.78, 5) is 9.53. The fourth-order valence-corrected chi connectivity index (χ4v) is 4.37. The lowest BCUT2D eigenvalue weighted by molar-refractivity contribution is -0.141. The van der Waals surface area contributed by atoms with Gasteiger partial charge >= 0.3 is 6.18 Å². The third kappa shape index (κ3) is 4.21. The van der Waals surface area contributed by atoms with Crippen LogP contribution in [0.3, 0.4) is 0 Å². The molecule has 0 bridgehead atoms. The molecule has 1 aliphatic rings. The number of nitrogens with one attached hydrogen (secondary N) is 1. The van der Waals surface area contributed by atoms with Gasteiger partial charge in [-0.15, -0.1) is 0 Å². The van der Waals surface area contributed by atoms with Crippen LogP contribution in [0.5, 0.6) is 0 Å². The van der Waals surface area contributed by atoms with E-state index in [-0.39, 0.29) is 0 Å². The minimum absolute atomic E-state index is 0.411. The Hall–Kier alpha value is -4.14. The van der Waals surface area contributed by atoms with E-state index in [2.05, 4.69) is 22.5 Å². The zero-order chi connectivity index (χ0) is 24.9. The molecule has 5 aromatic rings. The highest BCUT2D eigenvalue weighted by molar-refractivity contribution is 5.85. The van der Waals surface area contributed by atoms with E-state index < -0.39 is 11.9 Å². The summed E-state index contributed by atoms with van der Waals surface area (Å²) in [6, 6.07) is 18.3. The molecule has 0 spiro atoms. The number of nitrogens with zero attached hydrogens (tertiary/aromatic N) is 4. The number of anilines is 1. The van der Waals surface area contributed by atoms with E-state index in [1.807, 2.05) is 30.3 Å². The zero-order valence-corrected chi connectivity index (χ0v) is 19.4. The lowest BCUT2D eigenvalue weighted by Crippen LogP contribution is -2.07. The molecule has 9 heteroatoms. The molecule has 0 radical (unpaired) electrons. The quantitative estimate of drug-likeness (QED) is 0.281. The second-order valence-electron chi connectivity index (χ2n) is 8.99. The van der Waals surface area contributed by atoms with Gasteiger partial charge in [-0.3, -0.25) is 0 Å². The van der Waals surface area contributed by atoms with Crippen LogP contribution in [0.25, 0.3) is 28.2 Å². The molecule has 182 valence electrons. The molecule has 3 aromatic heterocycles. The lowest BCUT2D eigenvalue weighted by atomic mass is 10.0. The van der Waals surface area contributed by atoms with E-state index in [4.69, 9.17) is 14.4 Å². The summed E-state index contributed by atoms with van der Waals surface area (Å²) >= 11 is 0. The fraction of sp³-hybridized carbons (Fsp3) is 0.222. The number of benzene rings is 2. The summed E-state index contributed by atoms with van der Waals surface area (Å²) in [5.74, 6) is 1.80. The van der Waals surface area contributed by atoms with E-state index in [9.17, 15) is 13.2 Å². The van der Waals surface area contributed by atoms with Gasteiger partial charge < -0.3 is 9.73 Å². The van der Waals surface area contributed by atoms with Gasteiger partial charge in [0.15, 0.2) is 22.9 Å². The average Bonchev–Trinajstić information content (AvgIpc) is 3.47. The molecule has 1 fully saturated rings. The third-order valence-corrected chi connectivity index (χ3v) is 6.34. The molecule has 1 N–H and O–H groups in total. The predicted molar refractivity (Wildman–Crippen MR) is 130 cm³/mol. The summed E-state index contributed by atoms with van der Waals surface area (Å²) in [7, 11) is 0.